The minimum absolute atomic E-state index is 0.163. The third-order valence-corrected chi connectivity index (χ3v) is 3.82. The van der Waals surface area contributed by atoms with Gasteiger partial charge in [-0.15, -0.1) is 11.3 Å². The van der Waals surface area contributed by atoms with Crippen LogP contribution in [-0.4, -0.2) is 43.2 Å². The zero-order valence-corrected chi connectivity index (χ0v) is 14.9. The standard InChI is InChI=1S/C16H16F3N3O4S/c1-25-13-4-10(2-3-12(13)26-6-11-7-27-9-22-11)15(24)20-5-14(23)21-8-16(17,18)19/h2-4,7,9H,5-6,8H2,1H3,(H,20,24)(H,21,23). The van der Waals surface area contributed by atoms with Crippen LogP contribution in [0.25, 0.3) is 0 Å². The van der Waals surface area contributed by atoms with Crippen molar-refractivity contribution in [3.05, 3.63) is 40.3 Å². The molecular weight excluding hydrogens is 387 g/mol. The third kappa shape index (κ3) is 6.77. The van der Waals surface area contributed by atoms with E-state index < -0.39 is 31.1 Å². The van der Waals surface area contributed by atoms with Crippen LogP contribution in [0.3, 0.4) is 0 Å². The second kappa shape index (κ2) is 9.21. The van der Waals surface area contributed by atoms with Crippen molar-refractivity contribution in [2.45, 2.75) is 12.8 Å². The molecule has 0 spiro atoms. The number of halogens is 3. The zero-order valence-electron chi connectivity index (χ0n) is 14.1. The Bertz CT molecular complexity index is 782. The van der Waals surface area contributed by atoms with Gasteiger partial charge in [-0.3, -0.25) is 9.59 Å². The smallest absolute Gasteiger partial charge is 0.405 e. The van der Waals surface area contributed by atoms with Gasteiger partial charge in [0.25, 0.3) is 5.91 Å². The Hall–Kier alpha value is -2.82. The van der Waals surface area contributed by atoms with Crippen molar-refractivity contribution in [1.82, 2.24) is 15.6 Å². The Labute approximate surface area is 156 Å². The largest absolute Gasteiger partial charge is 0.493 e. The molecule has 0 unspecified atom stereocenters. The first kappa shape index (κ1) is 20.5. The quantitative estimate of drug-likeness (QED) is 0.705. The van der Waals surface area contributed by atoms with E-state index in [-0.39, 0.29) is 12.2 Å². The maximum Gasteiger partial charge on any atom is 0.405 e. The van der Waals surface area contributed by atoms with Gasteiger partial charge in [0.1, 0.15) is 13.2 Å². The molecule has 1 aromatic carbocycles. The van der Waals surface area contributed by atoms with Crippen molar-refractivity contribution in [2.24, 2.45) is 0 Å². The molecule has 11 heteroatoms. The van der Waals surface area contributed by atoms with Crippen LogP contribution in [0.2, 0.25) is 0 Å². The fourth-order valence-electron chi connectivity index (χ4n) is 1.91. The number of amides is 2. The summed E-state index contributed by atoms with van der Waals surface area (Å²) < 4.78 is 46.8. The Morgan fingerprint density at radius 1 is 1.22 bits per heavy atom. The number of carbonyl (C=O) groups excluding carboxylic acids is 2. The van der Waals surface area contributed by atoms with E-state index in [1.807, 2.05) is 5.38 Å². The van der Waals surface area contributed by atoms with Crippen molar-refractivity contribution in [2.75, 3.05) is 20.2 Å². The first-order chi connectivity index (χ1) is 12.8. The molecule has 7 nitrogen and oxygen atoms in total. The molecule has 0 aliphatic rings. The molecule has 0 fully saturated rings. The Balaban J connectivity index is 1.91. The van der Waals surface area contributed by atoms with Crippen LogP contribution in [0.5, 0.6) is 11.5 Å². The molecule has 0 atom stereocenters. The molecule has 0 saturated carbocycles. The van der Waals surface area contributed by atoms with Gasteiger partial charge in [-0.25, -0.2) is 4.98 Å². The zero-order chi connectivity index (χ0) is 19.9. The highest BCUT2D eigenvalue weighted by molar-refractivity contribution is 7.07. The number of hydrogen-bond acceptors (Lipinski definition) is 6. The monoisotopic (exact) mass is 403 g/mol. The van der Waals surface area contributed by atoms with Gasteiger partial charge >= 0.3 is 6.18 Å². The van der Waals surface area contributed by atoms with Crippen LogP contribution in [0.1, 0.15) is 16.1 Å². The van der Waals surface area contributed by atoms with Gasteiger partial charge in [-0.1, -0.05) is 0 Å². The molecule has 1 aromatic heterocycles. The van der Waals surface area contributed by atoms with Crippen molar-refractivity contribution in [3.63, 3.8) is 0 Å². The second-order valence-corrected chi connectivity index (χ2v) is 5.93. The molecule has 0 aliphatic heterocycles. The van der Waals surface area contributed by atoms with Gasteiger partial charge in [0.15, 0.2) is 11.5 Å². The lowest BCUT2D eigenvalue weighted by atomic mass is 10.2. The Morgan fingerprint density at radius 2 is 2.00 bits per heavy atom. The van der Waals surface area contributed by atoms with E-state index in [0.717, 1.165) is 5.69 Å². The molecule has 146 valence electrons. The predicted octanol–water partition coefficient (Wildman–Crippen LogP) is 2.14. The lowest BCUT2D eigenvalue weighted by Gasteiger charge is -2.12. The number of aromatic nitrogens is 1. The molecule has 2 amide bonds. The Kier molecular flexibility index (Phi) is 6.99. The van der Waals surface area contributed by atoms with E-state index in [0.29, 0.717) is 11.5 Å². The molecule has 2 N–H and O–H groups in total. The molecule has 0 radical (unpaired) electrons. The average molecular weight is 403 g/mol. The minimum atomic E-state index is -4.51. The number of benzene rings is 1. The molecule has 27 heavy (non-hydrogen) atoms. The van der Waals surface area contributed by atoms with E-state index in [4.69, 9.17) is 9.47 Å². The molecule has 2 rings (SSSR count). The molecule has 2 aromatic rings. The van der Waals surface area contributed by atoms with E-state index in [9.17, 15) is 22.8 Å². The summed E-state index contributed by atoms with van der Waals surface area (Å²) in [6, 6.07) is 4.37. The van der Waals surface area contributed by atoms with Gasteiger partial charge < -0.3 is 20.1 Å². The number of nitrogens with one attached hydrogen (secondary N) is 2. The lowest BCUT2D eigenvalue weighted by molar-refractivity contribution is -0.137. The number of alkyl halides is 3. The summed E-state index contributed by atoms with van der Waals surface area (Å²) in [6.07, 6.45) is -4.51. The highest BCUT2D eigenvalue weighted by Gasteiger charge is 2.27. The highest BCUT2D eigenvalue weighted by Crippen LogP contribution is 2.28. The highest BCUT2D eigenvalue weighted by atomic mass is 32.1. The average Bonchev–Trinajstić information content (AvgIpc) is 3.15. The SMILES string of the molecule is COc1cc(C(=O)NCC(=O)NCC(F)(F)F)ccc1OCc1cscn1. The molecular formula is C16H16F3N3O4S. The maximum absolute atomic E-state index is 12.1. The van der Waals surface area contributed by atoms with Gasteiger partial charge in [-0.05, 0) is 18.2 Å². The van der Waals surface area contributed by atoms with Crippen LogP contribution in [0, 0.1) is 0 Å². The van der Waals surface area contributed by atoms with E-state index in [2.05, 4.69) is 10.3 Å². The number of ether oxygens (including phenoxy) is 2. The predicted molar refractivity (Wildman–Crippen MR) is 90.8 cm³/mol. The minimum Gasteiger partial charge on any atom is -0.493 e. The van der Waals surface area contributed by atoms with E-state index in [1.54, 1.807) is 10.8 Å². The number of nitrogens with zero attached hydrogens (tertiary/aromatic N) is 1. The maximum atomic E-state index is 12.1. The van der Waals surface area contributed by atoms with Gasteiger partial charge in [0, 0.05) is 10.9 Å². The number of hydrogen-bond donors (Lipinski definition) is 2. The van der Waals surface area contributed by atoms with Crippen LogP contribution >= 0.6 is 11.3 Å². The molecule has 1 heterocycles. The van der Waals surface area contributed by atoms with Crippen LogP contribution < -0.4 is 20.1 Å². The second-order valence-electron chi connectivity index (χ2n) is 5.21. The van der Waals surface area contributed by atoms with Crippen LogP contribution in [0.4, 0.5) is 13.2 Å². The number of rotatable bonds is 8. The van der Waals surface area contributed by atoms with Crippen molar-refractivity contribution in [3.8, 4) is 11.5 Å². The molecule has 0 bridgehead atoms. The Morgan fingerprint density at radius 3 is 2.63 bits per heavy atom. The summed E-state index contributed by atoms with van der Waals surface area (Å²) in [5.74, 6) is -0.901. The summed E-state index contributed by atoms with van der Waals surface area (Å²) >= 11 is 1.43. The summed E-state index contributed by atoms with van der Waals surface area (Å²) in [6.45, 7) is -1.81. The summed E-state index contributed by atoms with van der Waals surface area (Å²) in [7, 11) is 1.40. The van der Waals surface area contributed by atoms with Gasteiger partial charge in [-0.2, -0.15) is 13.2 Å². The number of carbonyl (C=O) groups is 2. The number of thiazole rings is 1. The van der Waals surface area contributed by atoms with Crippen LogP contribution in [-0.2, 0) is 11.4 Å². The van der Waals surface area contributed by atoms with E-state index in [1.165, 1.54) is 36.6 Å². The first-order valence-electron chi connectivity index (χ1n) is 7.58. The first-order valence-corrected chi connectivity index (χ1v) is 8.52. The third-order valence-electron chi connectivity index (χ3n) is 3.18. The lowest BCUT2D eigenvalue weighted by Crippen LogP contribution is -2.40. The normalized spacial score (nSPS) is 11.0. The topological polar surface area (TPSA) is 89.5 Å². The fraction of sp³-hybridized carbons (Fsp3) is 0.312. The fourth-order valence-corrected chi connectivity index (χ4v) is 2.46. The molecule has 0 aliphatic carbocycles. The summed E-state index contributed by atoms with van der Waals surface area (Å²) in [5, 5.41) is 5.73. The van der Waals surface area contributed by atoms with Crippen LogP contribution in [0.15, 0.2) is 29.1 Å². The van der Waals surface area contributed by atoms with Gasteiger partial charge in [0.05, 0.1) is 24.9 Å². The van der Waals surface area contributed by atoms with Crippen molar-refractivity contribution < 1.29 is 32.2 Å². The van der Waals surface area contributed by atoms with Crippen molar-refractivity contribution >= 4 is 23.2 Å². The van der Waals surface area contributed by atoms with Crippen molar-refractivity contribution in [1.29, 1.82) is 0 Å². The van der Waals surface area contributed by atoms with E-state index >= 15 is 0 Å². The summed E-state index contributed by atoms with van der Waals surface area (Å²) in [5.41, 5.74) is 2.58. The molecule has 0 saturated heterocycles. The number of methoxy groups -OCH3 is 1. The summed E-state index contributed by atoms with van der Waals surface area (Å²) in [4.78, 5) is 27.5. The van der Waals surface area contributed by atoms with Gasteiger partial charge in [0.2, 0.25) is 5.91 Å².